The van der Waals surface area contributed by atoms with Gasteiger partial charge in [0.25, 0.3) is 5.56 Å². The molecule has 0 spiro atoms. The van der Waals surface area contributed by atoms with Gasteiger partial charge in [-0.3, -0.25) is 9.59 Å². The minimum atomic E-state index is -0.293. The van der Waals surface area contributed by atoms with E-state index in [9.17, 15) is 14.0 Å². The van der Waals surface area contributed by atoms with Crippen LogP contribution in [0.5, 0.6) is 5.75 Å². The first-order valence-electron chi connectivity index (χ1n) is 8.78. The molecule has 0 saturated carbocycles. The first-order chi connectivity index (χ1) is 13.0. The molecule has 146 valence electrons. The second-order valence-electron chi connectivity index (χ2n) is 6.00. The molecular weight excluding hydrogens is 369 g/mol. The van der Waals surface area contributed by atoms with Crippen LogP contribution in [0, 0.1) is 12.7 Å². The highest BCUT2D eigenvalue weighted by molar-refractivity contribution is 7.98. The monoisotopic (exact) mass is 393 g/mol. The lowest BCUT2D eigenvalue weighted by molar-refractivity contribution is -0.121. The quantitative estimate of drug-likeness (QED) is 0.368. The van der Waals surface area contributed by atoms with E-state index < -0.39 is 0 Å². The largest absolute Gasteiger partial charge is 0.494 e. The van der Waals surface area contributed by atoms with Crippen LogP contribution in [-0.4, -0.2) is 35.3 Å². The Morgan fingerprint density at radius 3 is 2.70 bits per heavy atom. The van der Waals surface area contributed by atoms with Gasteiger partial charge < -0.3 is 15.0 Å². The molecule has 0 atom stereocenters. The number of H-pyrrole nitrogens is 1. The van der Waals surface area contributed by atoms with Crippen LogP contribution in [0.25, 0.3) is 0 Å². The lowest BCUT2D eigenvalue weighted by atomic mass is 10.1. The average Bonchev–Trinajstić information content (AvgIpc) is 2.65. The Morgan fingerprint density at radius 1 is 1.30 bits per heavy atom. The molecule has 0 unspecified atom stereocenters. The van der Waals surface area contributed by atoms with Crippen LogP contribution in [0.1, 0.15) is 30.5 Å². The molecule has 1 aromatic carbocycles. The van der Waals surface area contributed by atoms with Crippen LogP contribution in [0.2, 0.25) is 0 Å². The Kier molecular flexibility index (Phi) is 8.32. The minimum Gasteiger partial charge on any atom is -0.494 e. The molecule has 0 bridgehead atoms. The van der Waals surface area contributed by atoms with Crippen LogP contribution in [-0.2, 0) is 11.2 Å². The molecule has 8 heteroatoms. The van der Waals surface area contributed by atoms with Gasteiger partial charge in [-0.15, -0.1) is 0 Å². The number of thioether (sulfide) groups is 1. The van der Waals surface area contributed by atoms with Crippen molar-refractivity contribution in [3.63, 3.8) is 0 Å². The van der Waals surface area contributed by atoms with Crippen molar-refractivity contribution in [3.8, 4) is 5.75 Å². The molecule has 2 aromatic rings. The molecule has 0 aliphatic rings. The van der Waals surface area contributed by atoms with E-state index in [-0.39, 0.29) is 23.7 Å². The molecule has 6 nitrogen and oxygen atoms in total. The van der Waals surface area contributed by atoms with Gasteiger partial charge in [-0.05, 0) is 56.7 Å². The summed E-state index contributed by atoms with van der Waals surface area (Å²) in [6, 6.07) is 5.88. The number of hydrogen-bond acceptors (Lipinski definition) is 5. The predicted molar refractivity (Wildman–Crippen MR) is 104 cm³/mol. The van der Waals surface area contributed by atoms with Crippen molar-refractivity contribution >= 4 is 17.7 Å². The number of aromatic amines is 1. The van der Waals surface area contributed by atoms with Gasteiger partial charge in [-0.1, -0.05) is 11.8 Å². The van der Waals surface area contributed by atoms with Crippen LogP contribution in [0.4, 0.5) is 4.39 Å². The Hall–Kier alpha value is -2.35. The fourth-order valence-electron chi connectivity index (χ4n) is 2.48. The Morgan fingerprint density at radius 2 is 2.04 bits per heavy atom. The SMILES string of the molecule is CSc1nc(C)c(CCC(=O)NCCCCOc2ccc(F)cc2)c(=O)[nH]1. The van der Waals surface area contributed by atoms with Crippen LogP contribution >= 0.6 is 11.8 Å². The summed E-state index contributed by atoms with van der Waals surface area (Å²) in [6.45, 7) is 2.83. The third kappa shape index (κ3) is 7.05. The number of nitrogens with zero attached hydrogens (tertiary/aromatic N) is 1. The summed E-state index contributed by atoms with van der Waals surface area (Å²) in [5, 5.41) is 3.42. The first kappa shape index (κ1) is 21.0. The van der Waals surface area contributed by atoms with E-state index in [1.807, 2.05) is 6.26 Å². The van der Waals surface area contributed by atoms with Gasteiger partial charge in [0.15, 0.2) is 5.16 Å². The summed E-state index contributed by atoms with van der Waals surface area (Å²) >= 11 is 1.37. The zero-order valence-electron chi connectivity index (χ0n) is 15.5. The van der Waals surface area contributed by atoms with Gasteiger partial charge in [0.1, 0.15) is 11.6 Å². The van der Waals surface area contributed by atoms with Crippen LogP contribution < -0.4 is 15.6 Å². The topological polar surface area (TPSA) is 84.1 Å². The minimum absolute atomic E-state index is 0.0952. The van der Waals surface area contributed by atoms with Gasteiger partial charge in [-0.25, -0.2) is 9.37 Å². The molecule has 2 rings (SSSR count). The van der Waals surface area contributed by atoms with Crippen molar-refractivity contribution in [2.75, 3.05) is 19.4 Å². The number of unbranched alkanes of at least 4 members (excludes halogenated alkanes) is 1. The van der Waals surface area contributed by atoms with Crippen molar-refractivity contribution < 1.29 is 13.9 Å². The number of amides is 1. The van der Waals surface area contributed by atoms with E-state index >= 15 is 0 Å². The molecule has 0 radical (unpaired) electrons. The number of benzene rings is 1. The van der Waals surface area contributed by atoms with E-state index in [1.54, 1.807) is 19.1 Å². The molecule has 0 aliphatic heterocycles. The number of nitrogens with one attached hydrogen (secondary N) is 2. The van der Waals surface area contributed by atoms with E-state index in [2.05, 4.69) is 15.3 Å². The lowest BCUT2D eigenvalue weighted by Gasteiger charge is -2.08. The molecule has 2 N–H and O–H groups in total. The summed E-state index contributed by atoms with van der Waals surface area (Å²) in [7, 11) is 0. The molecule has 1 heterocycles. The predicted octanol–water partition coefficient (Wildman–Crippen LogP) is 2.85. The molecule has 0 aliphatic carbocycles. The molecule has 0 saturated heterocycles. The van der Waals surface area contributed by atoms with E-state index in [4.69, 9.17) is 4.74 Å². The maximum atomic E-state index is 12.8. The Bertz CT molecular complexity index is 809. The number of halogens is 1. The number of hydrogen-bond donors (Lipinski definition) is 2. The average molecular weight is 393 g/mol. The fraction of sp³-hybridized carbons (Fsp3) is 0.421. The van der Waals surface area contributed by atoms with Gasteiger partial charge in [0.05, 0.1) is 6.61 Å². The summed E-state index contributed by atoms with van der Waals surface area (Å²) in [5.41, 5.74) is 1.03. The summed E-state index contributed by atoms with van der Waals surface area (Å²) in [6.07, 6.45) is 4.00. The second kappa shape index (κ2) is 10.7. The Balaban J connectivity index is 1.62. The number of ether oxygens (including phenoxy) is 1. The van der Waals surface area contributed by atoms with Gasteiger partial charge in [0, 0.05) is 24.2 Å². The van der Waals surface area contributed by atoms with Gasteiger partial charge >= 0.3 is 0 Å². The van der Waals surface area contributed by atoms with Crippen molar-refractivity contribution in [3.05, 3.63) is 51.7 Å². The number of aromatic nitrogens is 2. The maximum Gasteiger partial charge on any atom is 0.254 e. The first-order valence-corrected chi connectivity index (χ1v) is 10.0. The highest BCUT2D eigenvalue weighted by Gasteiger charge is 2.10. The lowest BCUT2D eigenvalue weighted by Crippen LogP contribution is -2.26. The third-order valence-corrected chi connectivity index (χ3v) is 4.55. The molecule has 1 amide bonds. The number of carbonyl (C=O) groups is 1. The Labute approximate surface area is 161 Å². The molecule has 27 heavy (non-hydrogen) atoms. The standard InChI is InChI=1S/C19H24FN3O3S/c1-13-16(18(25)23-19(22-13)27-2)9-10-17(24)21-11-3-4-12-26-15-7-5-14(20)6-8-15/h5-8H,3-4,9-12H2,1-2H3,(H,21,24)(H,22,23,25). The normalized spacial score (nSPS) is 10.6. The van der Waals surface area contributed by atoms with E-state index in [1.165, 1.54) is 23.9 Å². The van der Waals surface area contributed by atoms with Crippen LogP contribution in [0.3, 0.4) is 0 Å². The van der Waals surface area contributed by atoms with Crippen molar-refractivity contribution in [2.24, 2.45) is 0 Å². The second-order valence-corrected chi connectivity index (χ2v) is 6.79. The van der Waals surface area contributed by atoms with Crippen molar-refractivity contribution in [1.29, 1.82) is 0 Å². The molecular formula is C19H24FN3O3S. The van der Waals surface area contributed by atoms with Gasteiger partial charge in [0.2, 0.25) is 5.91 Å². The van der Waals surface area contributed by atoms with Crippen molar-refractivity contribution in [2.45, 2.75) is 37.8 Å². The smallest absolute Gasteiger partial charge is 0.254 e. The molecule has 1 aromatic heterocycles. The third-order valence-electron chi connectivity index (χ3n) is 3.97. The summed E-state index contributed by atoms with van der Waals surface area (Å²) in [5.74, 6) is 0.238. The van der Waals surface area contributed by atoms with Crippen molar-refractivity contribution in [1.82, 2.24) is 15.3 Å². The number of carbonyl (C=O) groups excluding carboxylic acids is 1. The maximum absolute atomic E-state index is 12.8. The highest BCUT2D eigenvalue weighted by Crippen LogP contribution is 2.11. The zero-order chi connectivity index (χ0) is 19.6. The van der Waals surface area contributed by atoms with E-state index in [0.717, 1.165) is 12.8 Å². The zero-order valence-corrected chi connectivity index (χ0v) is 16.3. The molecule has 0 fully saturated rings. The van der Waals surface area contributed by atoms with Gasteiger partial charge in [-0.2, -0.15) is 0 Å². The summed E-state index contributed by atoms with van der Waals surface area (Å²) < 4.78 is 18.3. The fourth-order valence-corrected chi connectivity index (χ4v) is 2.90. The highest BCUT2D eigenvalue weighted by atomic mass is 32.2. The number of rotatable bonds is 10. The van der Waals surface area contributed by atoms with Crippen LogP contribution in [0.15, 0.2) is 34.2 Å². The van der Waals surface area contributed by atoms with E-state index in [0.29, 0.717) is 41.7 Å². The number of aryl methyl sites for hydroxylation is 1. The summed E-state index contributed by atoms with van der Waals surface area (Å²) in [4.78, 5) is 31.0.